The fraction of sp³-hybridized carbons (Fsp3) is 0.0769. The van der Waals surface area contributed by atoms with Crippen molar-refractivity contribution in [1.82, 2.24) is 0 Å². The van der Waals surface area contributed by atoms with Gasteiger partial charge in [0.1, 0.15) is 5.82 Å². The summed E-state index contributed by atoms with van der Waals surface area (Å²) in [6.45, 7) is 0. The molecule has 0 amide bonds. The first kappa shape index (κ1) is 12.7. The van der Waals surface area contributed by atoms with E-state index in [2.05, 4.69) is 0 Å². The Morgan fingerprint density at radius 2 is 1.76 bits per heavy atom. The molecule has 0 aliphatic heterocycles. The second kappa shape index (κ2) is 5.76. The first-order chi connectivity index (χ1) is 8.19. The van der Waals surface area contributed by atoms with Gasteiger partial charge in [0, 0.05) is 20.7 Å². The third-order valence-corrected chi connectivity index (χ3v) is 3.87. The lowest BCUT2D eigenvalue weighted by Gasteiger charge is -2.07. The van der Waals surface area contributed by atoms with Crippen LogP contribution < -0.4 is 0 Å². The van der Waals surface area contributed by atoms with Crippen LogP contribution in [0.3, 0.4) is 0 Å². The van der Waals surface area contributed by atoms with E-state index in [0.29, 0.717) is 10.9 Å². The SMILES string of the molecule is Fc1ccc(Sc2ccc(Cl)cc2)c(CCl)c1. The summed E-state index contributed by atoms with van der Waals surface area (Å²) >= 11 is 13.2. The zero-order valence-electron chi connectivity index (χ0n) is 8.79. The molecule has 2 aromatic carbocycles. The maximum absolute atomic E-state index is 13.0. The first-order valence-electron chi connectivity index (χ1n) is 4.97. The quantitative estimate of drug-likeness (QED) is 0.684. The molecule has 0 nitrogen and oxygen atoms in total. The molecule has 0 radical (unpaired) electrons. The molecule has 0 saturated heterocycles. The highest BCUT2D eigenvalue weighted by molar-refractivity contribution is 7.99. The van der Waals surface area contributed by atoms with Gasteiger partial charge in [-0.1, -0.05) is 23.4 Å². The molecule has 0 atom stereocenters. The Kier molecular flexibility index (Phi) is 4.32. The predicted octanol–water partition coefficient (Wildman–Crippen LogP) is 5.37. The molecular weight excluding hydrogens is 278 g/mol. The van der Waals surface area contributed by atoms with Crippen molar-refractivity contribution in [2.24, 2.45) is 0 Å². The molecule has 0 spiro atoms. The lowest BCUT2D eigenvalue weighted by molar-refractivity contribution is 0.625. The summed E-state index contributed by atoms with van der Waals surface area (Å²) in [4.78, 5) is 2.01. The van der Waals surface area contributed by atoms with Crippen LogP contribution in [0.2, 0.25) is 5.02 Å². The van der Waals surface area contributed by atoms with Gasteiger partial charge in [-0.2, -0.15) is 0 Å². The van der Waals surface area contributed by atoms with Crippen molar-refractivity contribution in [3.8, 4) is 0 Å². The topological polar surface area (TPSA) is 0 Å². The molecule has 0 bridgehead atoms. The van der Waals surface area contributed by atoms with Gasteiger partial charge in [-0.15, -0.1) is 11.6 Å². The minimum absolute atomic E-state index is 0.263. The normalized spacial score (nSPS) is 10.5. The van der Waals surface area contributed by atoms with Gasteiger partial charge in [0.05, 0.1) is 0 Å². The Balaban J connectivity index is 2.26. The molecule has 0 aliphatic rings. The highest BCUT2D eigenvalue weighted by Crippen LogP contribution is 2.32. The van der Waals surface area contributed by atoms with E-state index in [-0.39, 0.29) is 5.82 Å². The Labute approximate surface area is 114 Å². The van der Waals surface area contributed by atoms with E-state index in [1.807, 2.05) is 24.3 Å². The lowest BCUT2D eigenvalue weighted by atomic mass is 10.2. The molecule has 0 saturated carbocycles. The number of hydrogen-bond donors (Lipinski definition) is 0. The largest absolute Gasteiger partial charge is 0.207 e. The summed E-state index contributed by atoms with van der Waals surface area (Å²) in [5.74, 6) is 0.0364. The monoisotopic (exact) mass is 286 g/mol. The maximum atomic E-state index is 13.0. The summed E-state index contributed by atoms with van der Waals surface area (Å²) < 4.78 is 13.0. The van der Waals surface area contributed by atoms with Gasteiger partial charge in [0.25, 0.3) is 0 Å². The minimum atomic E-state index is -0.263. The van der Waals surface area contributed by atoms with Crippen molar-refractivity contribution in [3.63, 3.8) is 0 Å². The molecule has 2 rings (SSSR count). The summed E-state index contributed by atoms with van der Waals surface area (Å²) in [5.41, 5.74) is 0.798. The van der Waals surface area contributed by atoms with Crippen LogP contribution in [0.4, 0.5) is 4.39 Å². The van der Waals surface area contributed by atoms with Gasteiger partial charge in [-0.25, -0.2) is 4.39 Å². The summed E-state index contributed by atoms with van der Waals surface area (Å²) in [6, 6.07) is 12.1. The molecule has 0 fully saturated rings. The van der Waals surface area contributed by atoms with Crippen LogP contribution in [0, 0.1) is 5.82 Å². The number of halogens is 3. The molecule has 0 aliphatic carbocycles. The van der Waals surface area contributed by atoms with Gasteiger partial charge in [-0.05, 0) is 48.0 Å². The van der Waals surface area contributed by atoms with E-state index in [0.717, 1.165) is 15.4 Å². The first-order valence-corrected chi connectivity index (χ1v) is 6.70. The van der Waals surface area contributed by atoms with Gasteiger partial charge in [0.2, 0.25) is 0 Å². The molecule has 17 heavy (non-hydrogen) atoms. The van der Waals surface area contributed by atoms with Crippen molar-refractivity contribution in [2.45, 2.75) is 15.7 Å². The van der Waals surface area contributed by atoms with Crippen LogP contribution in [-0.2, 0) is 5.88 Å². The van der Waals surface area contributed by atoms with Gasteiger partial charge >= 0.3 is 0 Å². The van der Waals surface area contributed by atoms with Gasteiger partial charge in [-0.3, -0.25) is 0 Å². The molecular formula is C13H9Cl2FS. The van der Waals surface area contributed by atoms with Crippen LogP contribution in [0.15, 0.2) is 52.3 Å². The van der Waals surface area contributed by atoms with E-state index in [9.17, 15) is 4.39 Å². The van der Waals surface area contributed by atoms with Crippen molar-refractivity contribution < 1.29 is 4.39 Å². The maximum Gasteiger partial charge on any atom is 0.123 e. The van der Waals surface area contributed by atoms with Crippen molar-refractivity contribution in [1.29, 1.82) is 0 Å². The van der Waals surface area contributed by atoms with E-state index in [4.69, 9.17) is 23.2 Å². The van der Waals surface area contributed by atoms with Crippen molar-refractivity contribution >= 4 is 35.0 Å². The Bertz CT molecular complexity index is 511. The molecule has 0 N–H and O–H groups in total. The van der Waals surface area contributed by atoms with Crippen LogP contribution in [0.25, 0.3) is 0 Å². The standard InChI is InChI=1S/C13H9Cl2FS/c14-8-9-7-11(16)3-6-13(9)17-12-4-1-10(15)2-5-12/h1-7H,8H2. The zero-order chi connectivity index (χ0) is 12.3. The number of hydrogen-bond acceptors (Lipinski definition) is 1. The minimum Gasteiger partial charge on any atom is -0.207 e. The lowest BCUT2D eigenvalue weighted by Crippen LogP contribution is -1.86. The van der Waals surface area contributed by atoms with E-state index >= 15 is 0 Å². The smallest absolute Gasteiger partial charge is 0.123 e. The second-order valence-electron chi connectivity index (χ2n) is 3.44. The van der Waals surface area contributed by atoms with E-state index in [1.165, 1.54) is 12.1 Å². The average Bonchev–Trinajstić information content (AvgIpc) is 2.34. The average molecular weight is 287 g/mol. The summed E-state index contributed by atoms with van der Waals surface area (Å²) in [7, 11) is 0. The van der Waals surface area contributed by atoms with Crippen LogP contribution in [0.1, 0.15) is 5.56 Å². The second-order valence-corrected chi connectivity index (χ2v) is 5.26. The number of alkyl halides is 1. The summed E-state index contributed by atoms with van der Waals surface area (Å²) in [6.07, 6.45) is 0. The van der Waals surface area contributed by atoms with Gasteiger partial charge in [0.15, 0.2) is 0 Å². The van der Waals surface area contributed by atoms with E-state index < -0.39 is 0 Å². The van der Waals surface area contributed by atoms with Gasteiger partial charge < -0.3 is 0 Å². The number of benzene rings is 2. The Morgan fingerprint density at radius 3 is 2.41 bits per heavy atom. The molecule has 0 unspecified atom stereocenters. The fourth-order valence-corrected chi connectivity index (χ4v) is 2.73. The molecule has 0 heterocycles. The highest BCUT2D eigenvalue weighted by Gasteiger charge is 2.05. The highest BCUT2D eigenvalue weighted by atomic mass is 35.5. The number of rotatable bonds is 3. The predicted molar refractivity (Wildman–Crippen MR) is 71.5 cm³/mol. The van der Waals surface area contributed by atoms with Crippen molar-refractivity contribution in [3.05, 3.63) is 58.9 Å². The van der Waals surface area contributed by atoms with Crippen LogP contribution in [0.5, 0.6) is 0 Å². The van der Waals surface area contributed by atoms with Crippen LogP contribution >= 0.6 is 35.0 Å². The summed E-state index contributed by atoms with van der Waals surface area (Å²) in [5, 5.41) is 0.700. The Hall–Kier alpha value is -0.700. The third kappa shape index (κ3) is 3.38. The van der Waals surface area contributed by atoms with E-state index in [1.54, 1.807) is 17.8 Å². The molecule has 88 valence electrons. The van der Waals surface area contributed by atoms with Crippen LogP contribution in [-0.4, -0.2) is 0 Å². The zero-order valence-corrected chi connectivity index (χ0v) is 11.1. The molecule has 4 heteroatoms. The molecule has 2 aromatic rings. The van der Waals surface area contributed by atoms with Crippen molar-refractivity contribution in [2.75, 3.05) is 0 Å². The fourth-order valence-electron chi connectivity index (χ4n) is 1.38. The third-order valence-electron chi connectivity index (χ3n) is 2.21. The molecule has 0 aromatic heterocycles. The Morgan fingerprint density at radius 1 is 1.06 bits per heavy atom.